The SMILES string of the molecule is C[C@H](NC(=O)C1CC2CC2C1)c1ccccn1. The molecule has 3 nitrogen and oxygen atoms in total. The molecule has 17 heavy (non-hydrogen) atoms. The van der Waals surface area contributed by atoms with Crippen LogP contribution in [0.15, 0.2) is 24.4 Å². The highest BCUT2D eigenvalue weighted by Gasteiger charge is 2.48. The van der Waals surface area contributed by atoms with Gasteiger partial charge in [-0.15, -0.1) is 0 Å². The van der Waals surface area contributed by atoms with E-state index in [1.165, 1.54) is 6.42 Å². The number of rotatable bonds is 3. The number of carbonyl (C=O) groups excluding carboxylic acids is 1. The largest absolute Gasteiger partial charge is 0.348 e. The smallest absolute Gasteiger partial charge is 0.223 e. The van der Waals surface area contributed by atoms with E-state index in [0.717, 1.165) is 30.4 Å². The highest BCUT2D eigenvalue weighted by molar-refractivity contribution is 5.79. The van der Waals surface area contributed by atoms with Gasteiger partial charge in [0.1, 0.15) is 0 Å². The zero-order valence-corrected chi connectivity index (χ0v) is 10.1. The summed E-state index contributed by atoms with van der Waals surface area (Å²) in [6, 6.07) is 5.82. The predicted molar refractivity (Wildman–Crippen MR) is 65.1 cm³/mol. The van der Waals surface area contributed by atoms with E-state index in [0.29, 0.717) is 0 Å². The minimum Gasteiger partial charge on any atom is -0.348 e. The number of amides is 1. The number of carbonyl (C=O) groups is 1. The number of nitrogens with one attached hydrogen (secondary N) is 1. The molecule has 1 amide bonds. The van der Waals surface area contributed by atoms with Gasteiger partial charge in [-0.3, -0.25) is 9.78 Å². The van der Waals surface area contributed by atoms with Crippen molar-refractivity contribution in [3.05, 3.63) is 30.1 Å². The van der Waals surface area contributed by atoms with Gasteiger partial charge in [0, 0.05) is 12.1 Å². The minimum atomic E-state index is 0.0145. The topological polar surface area (TPSA) is 42.0 Å². The summed E-state index contributed by atoms with van der Waals surface area (Å²) in [5, 5.41) is 3.08. The average molecular weight is 230 g/mol. The van der Waals surface area contributed by atoms with Crippen molar-refractivity contribution in [2.75, 3.05) is 0 Å². The first-order valence-corrected chi connectivity index (χ1v) is 6.45. The lowest BCUT2D eigenvalue weighted by Gasteiger charge is -2.17. The standard InChI is InChI=1S/C14H18N2O/c1-9(13-4-2-3-5-15-13)16-14(17)12-7-10-6-11(10)8-12/h2-5,9-12H,6-8H2,1H3,(H,16,17)/t9-,10?,11?,12?/m0/s1. The van der Waals surface area contributed by atoms with Crippen LogP contribution in [0, 0.1) is 17.8 Å². The van der Waals surface area contributed by atoms with E-state index in [-0.39, 0.29) is 17.9 Å². The Labute approximate surface area is 102 Å². The molecule has 0 aliphatic heterocycles. The molecule has 0 saturated heterocycles. The monoisotopic (exact) mass is 230 g/mol. The molecule has 0 aromatic carbocycles. The first-order chi connectivity index (χ1) is 8.24. The van der Waals surface area contributed by atoms with E-state index in [2.05, 4.69) is 10.3 Å². The normalized spacial score (nSPS) is 31.7. The van der Waals surface area contributed by atoms with E-state index in [1.54, 1.807) is 6.20 Å². The fourth-order valence-electron chi connectivity index (χ4n) is 2.97. The van der Waals surface area contributed by atoms with Crippen LogP contribution in [0.1, 0.15) is 37.9 Å². The average Bonchev–Trinajstić information content (AvgIpc) is 2.97. The Balaban J connectivity index is 1.57. The van der Waals surface area contributed by atoms with Crippen LogP contribution in [-0.2, 0) is 4.79 Å². The van der Waals surface area contributed by atoms with Gasteiger partial charge in [0.25, 0.3) is 0 Å². The molecule has 0 spiro atoms. The fourth-order valence-corrected chi connectivity index (χ4v) is 2.97. The van der Waals surface area contributed by atoms with E-state index in [1.807, 2.05) is 25.1 Å². The number of hydrogen-bond donors (Lipinski definition) is 1. The van der Waals surface area contributed by atoms with Crippen molar-refractivity contribution < 1.29 is 4.79 Å². The van der Waals surface area contributed by atoms with Gasteiger partial charge in [-0.05, 0) is 50.2 Å². The zero-order valence-electron chi connectivity index (χ0n) is 10.1. The Hall–Kier alpha value is -1.38. The van der Waals surface area contributed by atoms with Crippen molar-refractivity contribution >= 4 is 5.91 Å². The van der Waals surface area contributed by atoms with Crippen LogP contribution in [0.3, 0.4) is 0 Å². The summed E-state index contributed by atoms with van der Waals surface area (Å²) < 4.78 is 0. The molecule has 90 valence electrons. The van der Waals surface area contributed by atoms with Gasteiger partial charge in [-0.1, -0.05) is 6.07 Å². The summed E-state index contributed by atoms with van der Waals surface area (Å²) in [5.74, 6) is 2.19. The summed E-state index contributed by atoms with van der Waals surface area (Å²) in [7, 11) is 0. The summed E-state index contributed by atoms with van der Waals surface area (Å²) in [6.45, 7) is 2.00. The molecule has 1 aromatic rings. The van der Waals surface area contributed by atoms with Gasteiger partial charge in [0.05, 0.1) is 11.7 Å². The summed E-state index contributed by atoms with van der Waals surface area (Å²) in [6.07, 6.45) is 5.33. The van der Waals surface area contributed by atoms with Gasteiger partial charge in [0.15, 0.2) is 0 Å². The number of fused-ring (bicyclic) bond motifs is 1. The molecule has 2 saturated carbocycles. The van der Waals surface area contributed by atoms with Crippen molar-refractivity contribution in [3.63, 3.8) is 0 Å². The molecule has 1 heterocycles. The first-order valence-electron chi connectivity index (χ1n) is 6.45. The lowest BCUT2D eigenvalue weighted by Crippen LogP contribution is -2.32. The van der Waals surface area contributed by atoms with Crippen LogP contribution >= 0.6 is 0 Å². The lowest BCUT2D eigenvalue weighted by molar-refractivity contribution is -0.125. The van der Waals surface area contributed by atoms with Gasteiger partial charge >= 0.3 is 0 Å². The molecule has 2 unspecified atom stereocenters. The number of pyridine rings is 1. The second-order valence-electron chi connectivity index (χ2n) is 5.41. The van der Waals surface area contributed by atoms with Crippen LogP contribution in [-0.4, -0.2) is 10.9 Å². The highest BCUT2D eigenvalue weighted by Crippen LogP contribution is 2.54. The van der Waals surface area contributed by atoms with Gasteiger partial charge in [-0.25, -0.2) is 0 Å². The maximum atomic E-state index is 12.1. The summed E-state index contributed by atoms with van der Waals surface area (Å²) in [4.78, 5) is 16.3. The maximum absolute atomic E-state index is 12.1. The molecular weight excluding hydrogens is 212 g/mol. The molecule has 3 heteroatoms. The van der Waals surface area contributed by atoms with Gasteiger partial charge < -0.3 is 5.32 Å². The Morgan fingerprint density at radius 3 is 2.76 bits per heavy atom. The molecule has 3 rings (SSSR count). The third-order valence-corrected chi connectivity index (χ3v) is 4.10. The minimum absolute atomic E-state index is 0.0145. The molecule has 2 fully saturated rings. The van der Waals surface area contributed by atoms with Crippen LogP contribution < -0.4 is 5.32 Å². The Bertz CT molecular complexity index is 407. The molecule has 0 bridgehead atoms. The second-order valence-corrected chi connectivity index (χ2v) is 5.41. The second kappa shape index (κ2) is 4.13. The predicted octanol–water partition coefficient (Wildman–Crippen LogP) is 2.30. The van der Waals surface area contributed by atoms with Crippen molar-refractivity contribution in [3.8, 4) is 0 Å². The molecule has 2 aliphatic rings. The Kier molecular flexibility index (Phi) is 2.61. The first kappa shape index (κ1) is 10.8. The summed E-state index contributed by atoms with van der Waals surface area (Å²) in [5.41, 5.74) is 0.934. The Morgan fingerprint density at radius 1 is 1.35 bits per heavy atom. The van der Waals surface area contributed by atoms with Gasteiger partial charge in [0.2, 0.25) is 5.91 Å². The Morgan fingerprint density at radius 2 is 2.12 bits per heavy atom. The van der Waals surface area contributed by atoms with Crippen molar-refractivity contribution in [2.24, 2.45) is 17.8 Å². The van der Waals surface area contributed by atoms with E-state index in [4.69, 9.17) is 0 Å². The van der Waals surface area contributed by atoms with E-state index < -0.39 is 0 Å². The molecule has 3 atom stereocenters. The number of nitrogens with zero attached hydrogens (tertiary/aromatic N) is 1. The molecule has 1 aromatic heterocycles. The number of hydrogen-bond acceptors (Lipinski definition) is 2. The van der Waals surface area contributed by atoms with Crippen molar-refractivity contribution in [2.45, 2.75) is 32.2 Å². The molecule has 1 N–H and O–H groups in total. The third kappa shape index (κ3) is 2.19. The lowest BCUT2D eigenvalue weighted by atomic mass is 10.0. The summed E-state index contributed by atoms with van der Waals surface area (Å²) >= 11 is 0. The van der Waals surface area contributed by atoms with E-state index >= 15 is 0 Å². The maximum Gasteiger partial charge on any atom is 0.223 e. The van der Waals surface area contributed by atoms with Gasteiger partial charge in [-0.2, -0.15) is 0 Å². The van der Waals surface area contributed by atoms with Crippen LogP contribution in [0.4, 0.5) is 0 Å². The molecule has 2 aliphatic carbocycles. The van der Waals surface area contributed by atoms with Crippen LogP contribution in [0.5, 0.6) is 0 Å². The third-order valence-electron chi connectivity index (χ3n) is 4.10. The van der Waals surface area contributed by atoms with Crippen LogP contribution in [0.25, 0.3) is 0 Å². The van der Waals surface area contributed by atoms with E-state index in [9.17, 15) is 4.79 Å². The fraction of sp³-hybridized carbons (Fsp3) is 0.571. The molecule has 0 radical (unpaired) electrons. The molecular formula is C14H18N2O. The highest BCUT2D eigenvalue weighted by atomic mass is 16.1. The van der Waals surface area contributed by atoms with Crippen molar-refractivity contribution in [1.29, 1.82) is 0 Å². The quantitative estimate of drug-likeness (QED) is 0.865. The van der Waals surface area contributed by atoms with Crippen molar-refractivity contribution in [1.82, 2.24) is 10.3 Å². The number of aromatic nitrogens is 1. The zero-order chi connectivity index (χ0) is 11.8. The van der Waals surface area contributed by atoms with Crippen LogP contribution in [0.2, 0.25) is 0 Å².